The summed E-state index contributed by atoms with van der Waals surface area (Å²) >= 11 is 1.44. The van der Waals surface area contributed by atoms with E-state index in [1.165, 1.54) is 37.7 Å². The number of amides is 5. The fraction of sp³-hybridized carbons (Fsp3) is 0.415. The lowest BCUT2D eigenvalue weighted by Crippen LogP contribution is -2.72. The van der Waals surface area contributed by atoms with Crippen LogP contribution in [0.2, 0.25) is 0 Å². The number of hydrogen-bond acceptors (Lipinski definition) is 11. The van der Waals surface area contributed by atoms with E-state index in [0.717, 1.165) is 5.56 Å². The molecule has 5 amide bonds. The maximum absolute atomic E-state index is 14.4. The Labute approximate surface area is 332 Å². The molecule has 0 fully saturated rings. The molecule has 15 heteroatoms. The number of rotatable bonds is 18. The summed E-state index contributed by atoms with van der Waals surface area (Å²) in [7, 11) is 0. The highest BCUT2D eigenvalue weighted by Crippen LogP contribution is 2.22. The van der Waals surface area contributed by atoms with Crippen LogP contribution in [0.5, 0.6) is 5.75 Å². The first-order chi connectivity index (χ1) is 26.4. The smallest absolute Gasteiger partial charge is 0.408 e. The molecule has 3 atom stereocenters. The number of esters is 1. The molecule has 0 spiro atoms. The number of thioether (sulfide) groups is 1. The first-order valence-electron chi connectivity index (χ1n) is 18.2. The van der Waals surface area contributed by atoms with Crippen molar-refractivity contribution in [1.82, 2.24) is 20.9 Å². The second-order valence-electron chi connectivity index (χ2n) is 14.5. The van der Waals surface area contributed by atoms with E-state index < -0.39 is 71.5 Å². The number of imide groups is 1. The Hall–Kier alpha value is -5.41. The van der Waals surface area contributed by atoms with Gasteiger partial charge in [0.15, 0.2) is 5.66 Å². The molecule has 0 unspecified atom stereocenters. The van der Waals surface area contributed by atoms with E-state index in [4.69, 9.17) is 15.2 Å². The summed E-state index contributed by atoms with van der Waals surface area (Å²) in [6, 6.07) is 21.1. The number of phenols is 1. The number of carbonyl (C=O) groups excluding carboxylic acids is 6. The van der Waals surface area contributed by atoms with Gasteiger partial charge >= 0.3 is 12.1 Å². The zero-order valence-corrected chi connectivity index (χ0v) is 33.5. The molecule has 56 heavy (non-hydrogen) atoms. The fourth-order valence-electron chi connectivity index (χ4n) is 5.46. The van der Waals surface area contributed by atoms with Crippen LogP contribution in [-0.4, -0.2) is 87.6 Å². The van der Waals surface area contributed by atoms with Gasteiger partial charge in [-0.25, -0.2) is 9.59 Å². The number of aromatic hydroxyl groups is 1. The molecule has 0 aromatic heterocycles. The highest BCUT2D eigenvalue weighted by Gasteiger charge is 2.48. The minimum atomic E-state index is -2.39. The van der Waals surface area contributed by atoms with Gasteiger partial charge in [0, 0.05) is 18.8 Å². The average molecular weight is 792 g/mol. The van der Waals surface area contributed by atoms with Crippen molar-refractivity contribution in [1.29, 1.82) is 0 Å². The van der Waals surface area contributed by atoms with Gasteiger partial charge < -0.3 is 30.5 Å². The van der Waals surface area contributed by atoms with E-state index in [9.17, 15) is 33.9 Å². The maximum Gasteiger partial charge on any atom is 0.408 e. The molecule has 0 aliphatic rings. The number of carbonyl (C=O) groups is 6. The van der Waals surface area contributed by atoms with Gasteiger partial charge in [0.1, 0.15) is 30.0 Å². The number of nitrogens with one attached hydrogen (secondary N) is 3. The summed E-state index contributed by atoms with van der Waals surface area (Å²) in [4.78, 5) is 83.0. The van der Waals surface area contributed by atoms with E-state index >= 15 is 0 Å². The minimum Gasteiger partial charge on any atom is -0.508 e. The largest absolute Gasteiger partial charge is 0.508 e. The quantitative estimate of drug-likeness (QED) is 0.0925. The number of benzene rings is 3. The van der Waals surface area contributed by atoms with E-state index in [0.29, 0.717) is 21.8 Å². The lowest BCUT2D eigenvalue weighted by atomic mass is 9.95. The van der Waals surface area contributed by atoms with Crippen LogP contribution in [0.4, 0.5) is 4.79 Å². The Bertz CT molecular complexity index is 1790. The first-order valence-corrected chi connectivity index (χ1v) is 19.6. The summed E-state index contributed by atoms with van der Waals surface area (Å²) in [6.45, 7) is 7.19. The lowest BCUT2D eigenvalue weighted by molar-refractivity contribution is -0.161. The molecule has 6 N–H and O–H groups in total. The monoisotopic (exact) mass is 791 g/mol. The highest BCUT2D eigenvalue weighted by atomic mass is 32.2. The number of phenolic OH excluding ortho intramolecular Hbond substituents is 1. The summed E-state index contributed by atoms with van der Waals surface area (Å²) in [6.07, 6.45) is 0.722. The molecule has 0 saturated carbocycles. The SMILES string of the molecule is CSCC[C@H](NC(=O)[C@](N)(Cc1ccccc1)N(C(=O)CNC(=O)[C@H](Cc1ccc(O)cc1)NC(=O)OC(C)(C)C)C(=O)C(C)C)C(=O)OCc1ccccc1. The molecule has 3 aromatic carbocycles. The lowest BCUT2D eigenvalue weighted by Gasteiger charge is -2.40. The molecule has 0 saturated heterocycles. The van der Waals surface area contributed by atoms with Crippen LogP contribution in [0.25, 0.3) is 0 Å². The van der Waals surface area contributed by atoms with Crippen molar-refractivity contribution >= 4 is 47.5 Å². The maximum atomic E-state index is 14.4. The second-order valence-corrected chi connectivity index (χ2v) is 15.5. The molecule has 0 heterocycles. The summed E-state index contributed by atoms with van der Waals surface area (Å²) in [5, 5.41) is 17.4. The molecule has 0 aliphatic heterocycles. The van der Waals surface area contributed by atoms with Gasteiger partial charge in [-0.05, 0) is 68.0 Å². The number of hydrogen-bond donors (Lipinski definition) is 5. The van der Waals surface area contributed by atoms with Crippen molar-refractivity contribution in [3.8, 4) is 5.75 Å². The van der Waals surface area contributed by atoms with Crippen molar-refractivity contribution in [2.45, 2.75) is 83.8 Å². The fourth-order valence-corrected chi connectivity index (χ4v) is 5.93. The third-order valence-electron chi connectivity index (χ3n) is 8.29. The zero-order valence-electron chi connectivity index (χ0n) is 32.7. The predicted octanol–water partition coefficient (Wildman–Crippen LogP) is 3.83. The Morgan fingerprint density at radius 3 is 1.96 bits per heavy atom. The van der Waals surface area contributed by atoms with E-state index in [1.807, 2.05) is 12.3 Å². The zero-order chi connectivity index (χ0) is 41.5. The molecule has 0 aliphatic carbocycles. The van der Waals surface area contributed by atoms with Crippen molar-refractivity contribution in [2.75, 3.05) is 18.6 Å². The normalized spacial score (nSPS) is 13.4. The van der Waals surface area contributed by atoms with Gasteiger partial charge in [0.2, 0.25) is 11.8 Å². The number of ether oxygens (including phenoxy) is 2. The van der Waals surface area contributed by atoms with E-state index in [-0.39, 0.29) is 31.6 Å². The van der Waals surface area contributed by atoms with Crippen LogP contribution < -0.4 is 21.7 Å². The average Bonchev–Trinajstić information content (AvgIpc) is 3.15. The molecule has 302 valence electrons. The van der Waals surface area contributed by atoms with Gasteiger partial charge in [0.25, 0.3) is 11.8 Å². The van der Waals surface area contributed by atoms with Gasteiger partial charge in [-0.3, -0.25) is 29.8 Å². The van der Waals surface area contributed by atoms with Gasteiger partial charge in [-0.1, -0.05) is 86.6 Å². The van der Waals surface area contributed by atoms with Crippen LogP contribution in [0.15, 0.2) is 84.9 Å². The summed E-state index contributed by atoms with van der Waals surface area (Å²) in [5.41, 5.74) is 5.46. The Morgan fingerprint density at radius 1 is 0.821 bits per heavy atom. The Morgan fingerprint density at radius 2 is 1.41 bits per heavy atom. The van der Waals surface area contributed by atoms with Gasteiger partial charge in [0.05, 0.1) is 6.54 Å². The first kappa shape index (κ1) is 45.0. The number of alkyl carbamates (subject to hydrolysis) is 1. The third-order valence-corrected chi connectivity index (χ3v) is 8.94. The minimum absolute atomic E-state index is 0.000169. The van der Waals surface area contributed by atoms with Crippen molar-refractivity contribution in [3.63, 3.8) is 0 Å². The Kier molecular flexibility index (Phi) is 16.9. The third kappa shape index (κ3) is 14.0. The van der Waals surface area contributed by atoms with E-state index in [2.05, 4.69) is 16.0 Å². The van der Waals surface area contributed by atoms with Crippen molar-refractivity contribution in [2.24, 2.45) is 11.7 Å². The molecule has 3 rings (SSSR count). The van der Waals surface area contributed by atoms with Crippen molar-refractivity contribution in [3.05, 3.63) is 102 Å². The molecule has 0 bridgehead atoms. The predicted molar refractivity (Wildman–Crippen MR) is 213 cm³/mol. The molecule has 0 radical (unpaired) electrons. The number of nitrogens with two attached hydrogens (primary N) is 1. The molecule has 14 nitrogen and oxygen atoms in total. The van der Waals surface area contributed by atoms with Gasteiger partial charge in [-0.2, -0.15) is 11.8 Å². The topological polar surface area (TPSA) is 206 Å². The molecular formula is C41H53N5O9S. The standard InChI is InChI=1S/C41H53N5O9S/c1-27(2)36(50)46(34(48)25-43-35(49)33(45-39(53)55-40(3,4)5)23-28-17-19-31(47)20-18-28)41(42,24-29-13-9-7-10-14-29)38(52)44-32(21-22-56-6)37(51)54-26-30-15-11-8-12-16-30/h7-20,27,32-33,47H,21-26,42H2,1-6H3,(H,43,49)(H,44,52)(H,45,53)/t32-,33-,41-/m0/s1. The molecule has 3 aromatic rings. The van der Waals surface area contributed by atoms with Crippen molar-refractivity contribution < 1.29 is 43.3 Å². The summed E-state index contributed by atoms with van der Waals surface area (Å²) < 4.78 is 10.9. The van der Waals surface area contributed by atoms with Crippen LogP contribution in [-0.2, 0) is 52.9 Å². The van der Waals surface area contributed by atoms with E-state index in [1.54, 1.807) is 87.5 Å². The Balaban J connectivity index is 1.95. The summed E-state index contributed by atoms with van der Waals surface area (Å²) in [5.74, 6) is -4.71. The van der Waals surface area contributed by atoms with Crippen LogP contribution in [0.1, 0.15) is 57.7 Å². The van der Waals surface area contributed by atoms with Gasteiger partial charge in [-0.15, -0.1) is 0 Å². The highest BCUT2D eigenvalue weighted by molar-refractivity contribution is 7.98. The van der Waals surface area contributed by atoms with Crippen LogP contribution in [0, 0.1) is 5.92 Å². The van der Waals surface area contributed by atoms with Crippen LogP contribution >= 0.6 is 11.8 Å². The number of nitrogens with zero attached hydrogens (tertiary/aromatic N) is 1. The second kappa shape index (κ2) is 21.0. The molecular weight excluding hydrogens is 739 g/mol. The van der Waals surface area contributed by atoms with Crippen LogP contribution in [0.3, 0.4) is 0 Å².